The maximum Gasteiger partial charge on any atom is 0.194 e. The lowest BCUT2D eigenvalue weighted by atomic mass is 9.95. The van der Waals surface area contributed by atoms with Crippen LogP contribution in [-0.2, 0) is 0 Å². The van der Waals surface area contributed by atoms with Gasteiger partial charge in [0.2, 0.25) is 0 Å². The monoisotopic (exact) mass is 394 g/mol. The lowest BCUT2D eigenvalue weighted by Crippen LogP contribution is -2.02. The average molecular weight is 395 g/mol. The lowest BCUT2D eigenvalue weighted by molar-refractivity contribution is 0.104. The molecule has 0 atom stereocenters. The van der Waals surface area contributed by atoms with Crippen LogP contribution in [0.15, 0.2) is 84.9 Å². The summed E-state index contributed by atoms with van der Waals surface area (Å²) in [6, 6.07) is 28.8. The molecule has 0 unspecified atom stereocenters. The van der Waals surface area contributed by atoms with Crippen molar-refractivity contribution in [3.63, 3.8) is 0 Å². The number of carbonyl (C=O) groups excluding carboxylic acids is 1. The standard InChI is InChI=1S/C25H14OS2/c26-25(17-9-5-13-21-23(17)15-7-1-3-11-19(15)27-21)18-10-6-14-22-24(18)16-8-2-4-12-20(16)28-22/h1-14H. The van der Waals surface area contributed by atoms with Crippen molar-refractivity contribution in [3.05, 3.63) is 96.1 Å². The summed E-state index contributed by atoms with van der Waals surface area (Å²) < 4.78 is 4.76. The van der Waals surface area contributed by atoms with E-state index in [1.807, 2.05) is 36.4 Å². The predicted octanol–water partition coefficient (Wildman–Crippen LogP) is 7.65. The fourth-order valence-electron chi connectivity index (χ4n) is 4.07. The normalized spacial score (nSPS) is 11.7. The number of hydrogen-bond donors (Lipinski definition) is 0. The van der Waals surface area contributed by atoms with Crippen LogP contribution < -0.4 is 0 Å². The molecule has 6 aromatic rings. The van der Waals surface area contributed by atoms with Crippen LogP contribution in [0.2, 0.25) is 0 Å². The molecule has 3 heteroatoms. The number of rotatable bonds is 2. The van der Waals surface area contributed by atoms with Crippen LogP contribution in [0.25, 0.3) is 40.3 Å². The average Bonchev–Trinajstić information content (AvgIpc) is 3.31. The van der Waals surface area contributed by atoms with Crippen molar-refractivity contribution in [1.29, 1.82) is 0 Å². The van der Waals surface area contributed by atoms with Gasteiger partial charge in [0, 0.05) is 51.5 Å². The van der Waals surface area contributed by atoms with E-state index >= 15 is 0 Å². The first-order valence-corrected chi connectivity index (χ1v) is 10.8. The number of benzene rings is 4. The van der Waals surface area contributed by atoms with Gasteiger partial charge in [-0.3, -0.25) is 4.79 Å². The summed E-state index contributed by atoms with van der Waals surface area (Å²) in [4.78, 5) is 13.8. The van der Waals surface area contributed by atoms with Crippen molar-refractivity contribution in [1.82, 2.24) is 0 Å². The smallest absolute Gasteiger partial charge is 0.194 e. The molecule has 0 saturated heterocycles. The Bertz CT molecular complexity index is 1420. The minimum Gasteiger partial charge on any atom is -0.289 e. The zero-order valence-electron chi connectivity index (χ0n) is 14.8. The highest BCUT2D eigenvalue weighted by molar-refractivity contribution is 7.26. The van der Waals surface area contributed by atoms with Crippen LogP contribution >= 0.6 is 22.7 Å². The van der Waals surface area contributed by atoms with Crippen LogP contribution in [0.3, 0.4) is 0 Å². The van der Waals surface area contributed by atoms with E-state index < -0.39 is 0 Å². The zero-order chi connectivity index (χ0) is 18.7. The fraction of sp³-hybridized carbons (Fsp3) is 0. The molecule has 28 heavy (non-hydrogen) atoms. The number of carbonyl (C=O) groups is 1. The Balaban J connectivity index is 1.68. The third-order valence-corrected chi connectivity index (χ3v) is 7.57. The summed E-state index contributed by atoms with van der Waals surface area (Å²) in [6.07, 6.45) is 0. The summed E-state index contributed by atoms with van der Waals surface area (Å²) in [5.41, 5.74) is 1.58. The first-order valence-electron chi connectivity index (χ1n) is 9.16. The third-order valence-electron chi connectivity index (χ3n) is 5.29. The summed E-state index contributed by atoms with van der Waals surface area (Å²) in [5, 5.41) is 4.47. The molecule has 132 valence electrons. The Hall–Kier alpha value is -3.01. The highest BCUT2D eigenvalue weighted by atomic mass is 32.1. The number of fused-ring (bicyclic) bond motifs is 6. The van der Waals surface area contributed by atoms with Gasteiger partial charge in [0.25, 0.3) is 0 Å². The van der Waals surface area contributed by atoms with Crippen LogP contribution in [0, 0.1) is 0 Å². The number of hydrogen-bond acceptors (Lipinski definition) is 3. The van der Waals surface area contributed by atoms with Crippen molar-refractivity contribution in [3.8, 4) is 0 Å². The lowest BCUT2D eigenvalue weighted by Gasteiger charge is -2.06. The quantitative estimate of drug-likeness (QED) is 0.276. The second-order valence-electron chi connectivity index (χ2n) is 6.88. The Morgan fingerprint density at radius 1 is 0.500 bits per heavy atom. The predicted molar refractivity (Wildman–Crippen MR) is 122 cm³/mol. The van der Waals surface area contributed by atoms with E-state index in [-0.39, 0.29) is 5.78 Å². The molecule has 0 spiro atoms. The molecule has 0 saturated carbocycles. The van der Waals surface area contributed by atoms with Gasteiger partial charge in [-0.1, -0.05) is 60.7 Å². The van der Waals surface area contributed by atoms with Crippen molar-refractivity contribution in [2.45, 2.75) is 0 Å². The summed E-state index contributed by atoms with van der Waals surface area (Å²) in [7, 11) is 0. The van der Waals surface area contributed by atoms with Crippen LogP contribution in [-0.4, -0.2) is 5.78 Å². The van der Waals surface area contributed by atoms with Gasteiger partial charge < -0.3 is 0 Å². The van der Waals surface area contributed by atoms with Crippen molar-refractivity contribution >= 4 is 68.8 Å². The van der Waals surface area contributed by atoms with Gasteiger partial charge in [-0.05, 0) is 24.3 Å². The third kappa shape index (κ3) is 2.21. The molecule has 0 aliphatic heterocycles. The van der Waals surface area contributed by atoms with E-state index in [0.717, 1.165) is 42.1 Å². The highest BCUT2D eigenvalue weighted by Gasteiger charge is 2.19. The van der Waals surface area contributed by atoms with Gasteiger partial charge >= 0.3 is 0 Å². The molecule has 2 heterocycles. The molecular formula is C25H14OS2. The molecule has 1 nitrogen and oxygen atoms in total. The van der Waals surface area contributed by atoms with Crippen LogP contribution in [0.1, 0.15) is 15.9 Å². The minimum absolute atomic E-state index is 0.100. The molecule has 6 rings (SSSR count). The van der Waals surface area contributed by atoms with Gasteiger partial charge in [0.1, 0.15) is 0 Å². The SMILES string of the molecule is O=C(c1cccc2sc3ccccc3c12)c1cccc2sc3ccccc3c12. The second-order valence-corrected chi connectivity index (χ2v) is 9.05. The molecule has 0 bridgehead atoms. The maximum absolute atomic E-state index is 13.8. The van der Waals surface area contributed by atoms with Crippen molar-refractivity contribution < 1.29 is 4.79 Å². The molecule has 0 aliphatic carbocycles. The second kappa shape index (κ2) is 5.99. The fourth-order valence-corrected chi connectivity index (χ4v) is 6.34. The molecule has 0 N–H and O–H groups in total. The largest absolute Gasteiger partial charge is 0.289 e. The minimum atomic E-state index is 0.100. The maximum atomic E-state index is 13.8. The van der Waals surface area contributed by atoms with Gasteiger partial charge in [0.15, 0.2) is 5.78 Å². The Morgan fingerprint density at radius 2 is 0.929 bits per heavy atom. The summed E-state index contributed by atoms with van der Waals surface area (Å²) >= 11 is 3.49. The first-order chi connectivity index (χ1) is 13.8. The van der Waals surface area contributed by atoms with E-state index in [2.05, 4.69) is 48.5 Å². The van der Waals surface area contributed by atoms with E-state index in [1.54, 1.807) is 22.7 Å². The first kappa shape index (κ1) is 16.0. The van der Waals surface area contributed by atoms with Gasteiger partial charge in [0.05, 0.1) is 0 Å². The molecule has 0 aliphatic rings. The Kier molecular flexibility index (Phi) is 3.42. The van der Waals surface area contributed by atoms with Gasteiger partial charge in [-0.25, -0.2) is 0 Å². The Morgan fingerprint density at radius 3 is 1.43 bits per heavy atom. The molecule has 4 aromatic carbocycles. The van der Waals surface area contributed by atoms with E-state index in [4.69, 9.17) is 0 Å². The van der Waals surface area contributed by atoms with Crippen molar-refractivity contribution in [2.24, 2.45) is 0 Å². The molecule has 0 radical (unpaired) electrons. The molecular weight excluding hydrogens is 380 g/mol. The van der Waals surface area contributed by atoms with Gasteiger partial charge in [-0.2, -0.15) is 0 Å². The summed E-state index contributed by atoms with van der Waals surface area (Å²) in [6.45, 7) is 0. The number of thiophene rings is 2. The van der Waals surface area contributed by atoms with Gasteiger partial charge in [-0.15, -0.1) is 22.7 Å². The highest BCUT2D eigenvalue weighted by Crippen LogP contribution is 2.39. The van der Waals surface area contributed by atoms with E-state index in [0.29, 0.717) is 0 Å². The molecule has 2 aromatic heterocycles. The topological polar surface area (TPSA) is 17.1 Å². The van der Waals surface area contributed by atoms with E-state index in [9.17, 15) is 4.79 Å². The molecule has 0 amide bonds. The van der Waals surface area contributed by atoms with Crippen LogP contribution in [0.5, 0.6) is 0 Å². The molecule has 0 fully saturated rings. The van der Waals surface area contributed by atoms with Crippen molar-refractivity contribution in [2.75, 3.05) is 0 Å². The summed E-state index contributed by atoms with van der Waals surface area (Å²) in [5.74, 6) is 0.100. The van der Waals surface area contributed by atoms with Crippen LogP contribution in [0.4, 0.5) is 0 Å². The zero-order valence-corrected chi connectivity index (χ0v) is 16.4. The Labute approximate surface area is 169 Å². The number of ketones is 1. The van der Waals surface area contributed by atoms with E-state index in [1.165, 1.54) is 9.40 Å².